The van der Waals surface area contributed by atoms with Crippen molar-refractivity contribution in [2.24, 2.45) is 0 Å². The molecule has 9 heteroatoms. The first kappa shape index (κ1) is 22.3. The molecular formula is C25H17ClF2N2O3S. The van der Waals surface area contributed by atoms with E-state index >= 15 is 0 Å². The van der Waals surface area contributed by atoms with Crippen LogP contribution in [-0.2, 0) is 16.3 Å². The molecule has 0 radical (unpaired) electrons. The third-order valence-electron chi connectivity index (χ3n) is 5.76. The summed E-state index contributed by atoms with van der Waals surface area (Å²) in [6.07, 6.45) is 0.256. The molecule has 0 atom stereocenters. The number of pyridine rings is 1. The number of hydrogen-bond donors (Lipinski definition) is 1. The van der Waals surface area contributed by atoms with E-state index in [1.54, 1.807) is 36.2 Å². The van der Waals surface area contributed by atoms with Crippen molar-refractivity contribution in [2.75, 3.05) is 11.9 Å². The number of hydrogen-bond acceptors (Lipinski definition) is 5. The van der Waals surface area contributed by atoms with Crippen LogP contribution in [0.1, 0.15) is 17.0 Å². The van der Waals surface area contributed by atoms with E-state index in [1.165, 1.54) is 36.4 Å². The van der Waals surface area contributed by atoms with Gasteiger partial charge in [0.15, 0.2) is 5.75 Å². The fourth-order valence-corrected chi connectivity index (χ4v) is 5.79. The Kier molecular flexibility index (Phi) is 5.30. The SMILES string of the molecule is CN1C(c2nc(Cc3ccc(F)cc3)c3ccc(F)cc3c2O)=CS(=O)(=O)c2cc(Cl)ccc21. The summed E-state index contributed by atoms with van der Waals surface area (Å²) in [5.74, 6) is -1.29. The molecule has 172 valence electrons. The van der Waals surface area contributed by atoms with E-state index < -0.39 is 15.7 Å². The Morgan fingerprint density at radius 3 is 2.41 bits per heavy atom. The van der Waals surface area contributed by atoms with E-state index in [2.05, 4.69) is 4.98 Å². The highest BCUT2D eigenvalue weighted by atomic mass is 35.5. The van der Waals surface area contributed by atoms with Crippen LogP contribution in [-0.4, -0.2) is 25.6 Å². The Morgan fingerprint density at radius 1 is 0.971 bits per heavy atom. The molecule has 5 nitrogen and oxygen atoms in total. The van der Waals surface area contributed by atoms with Crippen LogP contribution in [0.3, 0.4) is 0 Å². The number of fused-ring (bicyclic) bond motifs is 2. The second-order valence-electron chi connectivity index (χ2n) is 7.97. The Morgan fingerprint density at radius 2 is 1.68 bits per heavy atom. The summed E-state index contributed by atoms with van der Waals surface area (Å²) < 4.78 is 53.5. The molecule has 0 aliphatic carbocycles. The van der Waals surface area contributed by atoms with Crippen molar-refractivity contribution < 1.29 is 22.3 Å². The molecule has 0 bridgehead atoms. The predicted octanol–water partition coefficient (Wildman–Crippen LogP) is 5.68. The Hall–Kier alpha value is -3.49. The van der Waals surface area contributed by atoms with Crippen LogP contribution in [0.15, 0.2) is 71.0 Å². The lowest BCUT2D eigenvalue weighted by molar-refractivity contribution is 0.476. The summed E-state index contributed by atoms with van der Waals surface area (Å²) >= 11 is 6.00. The zero-order valence-corrected chi connectivity index (χ0v) is 19.3. The average molecular weight is 499 g/mol. The molecule has 1 aliphatic heterocycles. The molecule has 0 fully saturated rings. The lowest BCUT2D eigenvalue weighted by Crippen LogP contribution is -2.24. The predicted molar refractivity (Wildman–Crippen MR) is 128 cm³/mol. The van der Waals surface area contributed by atoms with Crippen LogP contribution in [0.2, 0.25) is 5.02 Å². The van der Waals surface area contributed by atoms with Crippen LogP contribution in [0.25, 0.3) is 16.5 Å². The second kappa shape index (κ2) is 8.07. The monoisotopic (exact) mass is 498 g/mol. The fraction of sp³-hybridized carbons (Fsp3) is 0.0800. The first-order valence-electron chi connectivity index (χ1n) is 10.2. The van der Waals surface area contributed by atoms with Crippen molar-refractivity contribution in [3.8, 4) is 5.75 Å². The second-order valence-corrected chi connectivity index (χ2v) is 10.2. The highest BCUT2D eigenvalue weighted by Crippen LogP contribution is 2.42. The molecule has 1 aliphatic rings. The zero-order valence-electron chi connectivity index (χ0n) is 17.8. The lowest BCUT2D eigenvalue weighted by Gasteiger charge is -2.29. The molecule has 3 aromatic carbocycles. The van der Waals surface area contributed by atoms with Crippen LogP contribution in [0, 0.1) is 11.6 Å². The first-order valence-corrected chi connectivity index (χ1v) is 12.1. The highest BCUT2D eigenvalue weighted by molar-refractivity contribution is 7.94. The lowest BCUT2D eigenvalue weighted by atomic mass is 10.0. The van der Waals surface area contributed by atoms with Gasteiger partial charge in [-0.1, -0.05) is 23.7 Å². The van der Waals surface area contributed by atoms with Crippen molar-refractivity contribution in [2.45, 2.75) is 11.3 Å². The van der Waals surface area contributed by atoms with Gasteiger partial charge in [0, 0.05) is 29.3 Å². The minimum atomic E-state index is -3.90. The summed E-state index contributed by atoms with van der Waals surface area (Å²) in [4.78, 5) is 6.23. The fourth-order valence-electron chi connectivity index (χ4n) is 4.08. The van der Waals surface area contributed by atoms with E-state index in [9.17, 15) is 22.3 Å². The third kappa shape index (κ3) is 3.78. The Balaban J connectivity index is 1.74. The minimum Gasteiger partial charge on any atom is -0.505 e. The van der Waals surface area contributed by atoms with Gasteiger partial charge in [-0.2, -0.15) is 0 Å². The Bertz CT molecular complexity index is 1600. The normalized spacial score (nSPS) is 14.7. The minimum absolute atomic E-state index is 0.0121. The van der Waals surface area contributed by atoms with Gasteiger partial charge in [-0.15, -0.1) is 0 Å². The summed E-state index contributed by atoms with van der Waals surface area (Å²) in [7, 11) is -2.26. The third-order valence-corrected chi connectivity index (χ3v) is 7.47. The van der Waals surface area contributed by atoms with Crippen LogP contribution in [0.4, 0.5) is 14.5 Å². The summed E-state index contributed by atoms with van der Waals surface area (Å²) in [5, 5.41) is 13.1. The van der Waals surface area contributed by atoms with Gasteiger partial charge >= 0.3 is 0 Å². The maximum Gasteiger partial charge on any atom is 0.204 e. The maximum atomic E-state index is 14.1. The summed E-state index contributed by atoms with van der Waals surface area (Å²) in [6.45, 7) is 0. The van der Waals surface area contributed by atoms with E-state index in [-0.39, 0.29) is 44.7 Å². The number of rotatable bonds is 3. The number of sulfone groups is 1. The molecule has 5 rings (SSSR count). The van der Waals surface area contributed by atoms with Crippen molar-refractivity contribution in [1.82, 2.24) is 4.98 Å². The van der Waals surface area contributed by atoms with Gasteiger partial charge in [-0.25, -0.2) is 22.2 Å². The van der Waals surface area contributed by atoms with E-state index in [0.717, 1.165) is 11.0 Å². The molecule has 2 heterocycles. The number of aromatic hydroxyl groups is 1. The molecule has 34 heavy (non-hydrogen) atoms. The van der Waals surface area contributed by atoms with Crippen LogP contribution >= 0.6 is 11.6 Å². The van der Waals surface area contributed by atoms with Crippen LogP contribution < -0.4 is 4.90 Å². The number of nitrogens with zero attached hydrogens (tertiary/aromatic N) is 2. The van der Waals surface area contributed by atoms with E-state index in [4.69, 9.17) is 11.6 Å². The number of benzene rings is 3. The zero-order chi connectivity index (χ0) is 24.2. The number of anilines is 1. The molecular weight excluding hydrogens is 482 g/mol. The molecule has 0 unspecified atom stereocenters. The molecule has 1 aromatic heterocycles. The van der Waals surface area contributed by atoms with Crippen molar-refractivity contribution in [1.29, 1.82) is 0 Å². The molecule has 1 N–H and O–H groups in total. The van der Waals surface area contributed by atoms with Gasteiger partial charge in [-0.3, -0.25) is 0 Å². The number of halogens is 3. The smallest absolute Gasteiger partial charge is 0.204 e. The summed E-state index contributed by atoms with van der Waals surface area (Å²) in [6, 6.07) is 14.3. The Labute approximate surface area is 199 Å². The van der Waals surface area contributed by atoms with Crippen LogP contribution in [0.5, 0.6) is 5.75 Å². The molecule has 0 saturated carbocycles. The van der Waals surface area contributed by atoms with Gasteiger partial charge in [-0.05, 0) is 54.1 Å². The first-order chi connectivity index (χ1) is 16.1. The summed E-state index contributed by atoms with van der Waals surface area (Å²) in [5.41, 5.74) is 1.70. The van der Waals surface area contributed by atoms with E-state index in [0.29, 0.717) is 16.8 Å². The van der Waals surface area contributed by atoms with Gasteiger partial charge in [0.25, 0.3) is 0 Å². The van der Waals surface area contributed by atoms with Gasteiger partial charge in [0.2, 0.25) is 9.84 Å². The maximum absolute atomic E-state index is 14.1. The quantitative estimate of drug-likeness (QED) is 0.393. The molecule has 0 amide bonds. The van der Waals surface area contributed by atoms with Gasteiger partial charge in [0.05, 0.1) is 27.4 Å². The van der Waals surface area contributed by atoms with Crippen molar-refractivity contribution >= 4 is 43.6 Å². The topological polar surface area (TPSA) is 70.5 Å². The average Bonchev–Trinajstić information content (AvgIpc) is 2.80. The van der Waals surface area contributed by atoms with Crippen molar-refractivity contribution in [3.05, 3.63) is 99.7 Å². The molecule has 0 spiro atoms. The largest absolute Gasteiger partial charge is 0.505 e. The molecule has 4 aromatic rings. The molecule has 0 saturated heterocycles. The van der Waals surface area contributed by atoms with Gasteiger partial charge < -0.3 is 10.0 Å². The van der Waals surface area contributed by atoms with E-state index in [1.807, 2.05) is 0 Å². The standard InChI is InChI=1S/C25H17ClF2N2O3S/c1-30-21-9-4-15(26)11-23(21)34(32,33)13-22(30)24-25(31)19-12-17(28)7-8-18(19)20(29-24)10-14-2-5-16(27)6-3-14/h2-9,11-13,31H,10H2,1H3. The van der Waals surface area contributed by atoms with Gasteiger partial charge in [0.1, 0.15) is 17.3 Å². The van der Waals surface area contributed by atoms with Crippen molar-refractivity contribution in [3.63, 3.8) is 0 Å². The highest BCUT2D eigenvalue weighted by Gasteiger charge is 2.31. The number of aromatic nitrogens is 1.